The Morgan fingerprint density at radius 3 is 2.38 bits per heavy atom. The van der Waals surface area contributed by atoms with Gasteiger partial charge in [0.05, 0.1) is 12.5 Å². The molecule has 0 saturated heterocycles. The molecule has 2 saturated carbocycles. The van der Waals surface area contributed by atoms with Gasteiger partial charge in [-0.2, -0.15) is 0 Å². The second kappa shape index (κ2) is 12.9. The average Bonchev–Trinajstić information content (AvgIpc) is 3.72. The molecule has 1 aliphatic heterocycles. The summed E-state index contributed by atoms with van der Waals surface area (Å²) < 4.78 is 0. The molecular weight excluding hydrogens is 526 g/mol. The number of carboxylic acids is 1. The zero-order valence-corrected chi connectivity index (χ0v) is 24.8. The summed E-state index contributed by atoms with van der Waals surface area (Å²) in [5.74, 6) is -0.968. The summed E-state index contributed by atoms with van der Waals surface area (Å²) in [5.41, 5.74) is 5.60. The van der Waals surface area contributed by atoms with E-state index < -0.39 is 5.97 Å². The Balaban J connectivity index is 1.42. The van der Waals surface area contributed by atoms with Gasteiger partial charge < -0.3 is 14.9 Å². The van der Waals surface area contributed by atoms with Crippen LogP contribution in [-0.2, 0) is 9.59 Å². The van der Waals surface area contributed by atoms with Crippen molar-refractivity contribution in [1.29, 1.82) is 0 Å². The summed E-state index contributed by atoms with van der Waals surface area (Å²) in [6.45, 7) is 6.18. The van der Waals surface area contributed by atoms with E-state index in [1.54, 1.807) is 6.20 Å². The number of allylic oxidation sites excluding steroid dienone is 3. The van der Waals surface area contributed by atoms with E-state index in [1.165, 1.54) is 5.57 Å². The predicted molar refractivity (Wildman–Crippen MR) is 166 cm³/mol. The van der Waals surface area contributed by atoms with Crippen molar-refractivity contribution in [1.82, 2.24) is 4.90 Å². The monoisotopic (exact) mass is 567 g/mol. The van der Waals surface area contributed by atoms with Gasteiger partial charge in [-0.3, -0.25) is 19.4 Å². The first-order chi connectivity index (χ1) is 20.3. The van der Waals surface area contributed by atoms with Crippen LogP contribution in [0.3, 0.4) is 0 Å². The molecule has 2 aromatic rings. The molecule has 7 nitrogen and oxygen atoms in total. The highest BCUT2D eigenvalue weighted by molar-refractivity contribution is 6.08. The van der Waals surface area contributed by atoms with Crippen molar-refractivity contribution in [3.8, 4) is 0 Å². The van der Waals surface area contributed by atoms with Crippen molar-refractivity contribution < 1.29 is 19.5 Å². The lowest BCUT2D eigenvalue weighted by atomic mass is 9.81. The van der Waals surface area contributed by atoms with E-state index in [2.05, 4.69) is 24.9 Å². The summed E-state index contributed by atoms with van der Waals surface area (Å²) >= 11 is 0. The highest BCUT2D eigenvalue weighted by Gasteiger charge is 2.51. The topological polar surface area (TPSA) is 90.3 Å². The molecule has 3 atom stereocenters. The molecule has 42 heavy (non-hydrogen) atoms. The highest BCUT2D eigenvalue weighted by atomic mass is 16.4. The minimum atomic E-state index is -0.957. The van der Waals surface area contributed by atoms with Crippen LogP contribution in [0.15, 0.2) is 77.4 Å². The molecule has 1 heterocycles. The Kier molecular flexibility index (Phi) is 9.05. The van der Waals surface area contributed by atoms with Crippen molar-refractivity contribution in [3.05, 3.63) is 89.1 Å². The number of aliphatic carboxylic acids is 1. The van der Waals surface area contributed by atoms with E-state index >= 15 is 0 Å². The number of nitrogens with zero attached hydrogens (tertiary/aromatic N) is 3. The quantitative estimate of drug-likeness (QED) is 0.245. The Morgan fingerprint density at radius 1 is 0.976 bits per heavy atom. The minimum absolute atomic E-state index is 0.00444. The van der Waals surface area contributed by atoms with Crippen molar-refractivity contribution in [2.24, 2.45) is 10.9 Å². The van der Waals surface area contributed by atoms with Crippen LogP contribution in [0.25, 0.3) is 0 Å². The third-order valence-corrected chi connectivity index (χ3v) is 8.93. The number of hydrogen-bond acceptors (Lipinski definition) is 4. The van der Waals surface area contributed by atoms with Gasteiger partial charge in [0.2, 0.25) is 5.91 Å². The number of aliphatic imine (C=N–C) groups is 1. The van der Waals surface area contributed by atoms with Gasteiger partial charge in [-0.15, -0.1) is 0 Å². The van der Waals surface area contributed by atoms with Crippen LogP contribution < -0.4 is 4.90 Å². The van der Waals surface area contributed by atoms with Crippen LogP contribution in [-0.4, -0.2) is 45.6 Å². The van der Waals surface area contributed by atoms with Gasteiger partial charge in [-0.05, 0) is 81.4 Å². The summed E-state index contributed by atoms with van der Waals surface area (Å²) in [4.78, 5) is 47.3. The zero-order valence-electron chi connectivity index (χ0n) is 24.8. The Morgan fingerprint density at radius 2 is 1.69 bits per heavy atom. The maximum atomic E-state index is 14.2. The first kappa shape index (κ1) is 29.5. The lowest BCUT2D eigenvalue weighted by Crippen LogP contribution is -2.52. The number of rotatable bonds is 10. The molecule has 7 heteroatoms. The molecule has 5 rings (SSSR count). The molecule has 0 bridgehead atoms. The SMILES string of the molecule is CC/C(C)=C/C=C\N=C(C)c1ccc(C(=O)N2c3ccccc3C(N(C(=O)CCC(=O)O)C3CC3)C3CCCC32)cc1. The maximum Gasteiger partial charge on any atom is 0.303 e. The standard InChI is InChI=1S/C35H41N3O4/c1-4-23(2)9-8-22-36-24(3)25-14-16-26(17-15-25)35(42)38-30-12-6-5-10-28(30)34(29-11-7-13-31(29)38)37(27-18-19-27)32(39)20-21-33(40)41/h5-6,8-10,12,14-17,22,27,29,31,34H,4,7,11,13,18-21H2,1-3H3,(H,40,41)/b22-8-,23-9+,36-24?. The second-order valence-electron chi connectivity index (χ2n) is 11.8. The van der Waals surface area contributed by atoms with Crippen LogP contribution in [0.1, 0.15) is 99.7 Å². The molecule has 2 fully saturated rings. The van der Waals surface area contributed by atoms with Crippen LogP contribution in [0.2, 0.25) is 0 Å². The maximum absolute atomic E-state index is 14.2. The predicted octanol–water partition coefficient (Wildman–Crippen LogP) is 7.09. The smallest absolute Gasteiger partial charge is 0.303 e. The van der Waals surface area contributed by atoms with Gasteiger partial charge >= 0.3 is 5.97 Å². The molecule has 2 aromatic carbocycles. The van der Waals surface area contributed by atoms with Gasteiger partial charge in [0.1, 0.15) is 0 Å². The number of fused-ring (bicyclic) bond motifs is 2. The number of hydrogen-bond donors (Lipinski definition) is 1. The number of carboxylic acid groups (broad SMARTS) is 1. The highest BCUT2D eigenvalue weighted by Crippen LogP contribution is 2.52. The van der Waals surface area contributed by atoms with Gasteiger partial charge in [0, 0.05) is 47.6 Å². The molecule has 3 unspecified atom stereocenters. The van der Waals surface area contributed by atoms with Crippen molar-refractivity contribution in [2.75, 3.05) is 4.90 Å². The Labute approximate surface area is 248 Å². The fraction of sp³-hybridized carbons (Fsp3) is 0.429. The fourth-order valence-corrected chi connectivity index (χ4v) is 6.47. The van der Waals surface area contributed by atoms with Crippen LogP contribution >= 0.6 is 0 Å². The second-order valence-corrected chi connectivity index (χ2v) is 11.8. The normalized spacial score (nSPS) is 22.2. The molecular formula is C35H41N3O4. The van der Waals surface area contributed by atoms with Crippen molar-refractivity contribution in [2.45, 2.75) is 90.3 Å². The molecule has 1 N–H and O–H groups in total. The molecule has 0 spiro atoms. The number of amides is 2. The zero-order chi connectivity index (χ0) is 29.8. The first-order valence-corrected chi connectivity index (χ1v) is 15.2. The number of para-hydroxylation sites is 1. The summed E-state index contributed by atoms with van der Waals surface area (Å²) in [6.07, 6.45) is 11.3. The Bertz CT molecular complexity index is 1420. The fourth-order valence-electron chi connectivity index (χ4n) is 6.47. The molecule has 220 valence electrons. The third-order valence-electron chi connectivity index (χ3n) is 8.93. The number of carbonyl (C=O) groups excluding carboxylic acids is 2. The van der Waals surface area contributed by atoms with Crippen LogP contribution in [0.4, 0.5) is 5.69 Å². The van der Waals surface area contributed by atoms with Crippen LogP contribution in [0.5, 0.6) is 0 Å². The van der Waals surface area contributed by atoms with Gasteiger partial charge in [0.25, 0.3) is 5.91 Å². The van der Waals surface area contributed by atoms with E-state index in [4.69, 9.17) is 0 Å². The molecule has 0 aromatic heterocycles. The summed E-state index contributed by atoms with van der Waals surface area (Å²) in [5, 5.41) is 9.22. The first-order valence-electron chi connectivity index (χ1n) is 15.2. The average molecular weight is 568 g/mol. The van der Waals surface area contributed by atoms with E-state index in [0.29, 0.717) is 5.56 Å². The van der Waals surface area contributed by atoms with Crippen LogP contribution in [0, 0.1) is 5.92 Å². The van der Waals surface area contributed by atoms with Crippen molar-refractivity contribution in [3.63, 3.8) is 0 Å². The molecule has 2 amide bonds. The molecule has 3 aliphatic rings. The summed E-state index contributed by atoms with van der Waals surface area (Å²) in [6, 6.07) is 15.6. The number of carbonyl (C=O) groups is 3. The largest absolute Gasteiger partial charge is 0.481 e. The number of anilines is 1. The number of benzene rings is 2. The minimum Gasteiger partial charge on any atom is -0.481 e. The lowest BCUT2D eigenvalue weighted by molar-refractivity contribution is -0.142. The van der Waals surface area contributed by atoms with E-state index in [-0.39, 0.29) is 48.7 Å². The van der Waals surface area contributed by atoms with Gasteiger partial charge in [-0.25, -0.2) is 0 Å². The Hall–Kier alpha value is -4.00. The third kappa shape index (κ3) is 6.25. The van der Waals surface area contributed by atoms with Gasteiger partial charge in [0.15, 0.2) is 0 Å². The van der Waals surface area contributed by atoms with E-state index in [1.807, 2.05) is 71.3 Å². The van der Waals surface area contributed by atoms with Gasteiger partial charge in [-0.1, -0.05) is 55.3 Å². The molecule has 0 radical (unpaired) electrons. The van der Waals surface area contributed by atoms with E-state index in [0.717, 1.165) is 61.1 Å². The summed E-state index contributed by atoms with van der Waals surface area (Å²) in [7, 11) is 0. The lowest BCUT2D eigenvalue weighted by Gasteiger charge is -2.48. The van der Waals surface area contributed by atoms with Crippen molar-refractivity contribution >= 4 is 29.2 Å². The molecule has 2 aliphatic carbocycles. The van der Waals surface area contributed by atoms with E-state index in [9.17, 15) is 19.5 Å².